The first-order chi connectivity index (χ1) is 12.0. The summed E-state index contributed by atoms with van der Waals surface area (Å²) in [6.07, 6.45) is 4.02. The second kappa shape index (κ2) is 9.98. The van der Waals surface area contributed by atoms with Gasteiger partial charge in [-0.15, -0.1) is 4.33 Å². The molecule has 1 N–H and O–H groups in total. The number of aryl methyl sites for hydroxylation is 1. The van der Waals surface area contributed by atoms with Gasteiger partial charge in [-0.25, -0.2) is 9.68 Å². The predicted octanol–water partition coefficient (Wildman–Crippen LogP) is 3.38. The highest BCUT2D eigenvalue weighted by Crippen LogP contribution is 2.25. The van der Waals surface area contributed by atoms with Gasteiger partial charge in [0.1, 0.15) is 5.75 Å². The minimum absolute atomic E-state index is 0.251. The molecule has 1 fully saturated rings. The average Bonchev–Trinajstić information content (AvgIpc) is 2.62. The summed E-state index contributed by atoms with van der Waals surface area (Å²) in [7, 11) is 1.41. The van der Waals surface area contributed by atoms with Gasteiger partial charge in [-0.2, -0.15) is 0 Å². The zero-order chi connectivity index (χ0) is 18.1. The van der Waals surface area contributed by atoms with Crippen LogP contribution in [0.25, 0.3) is 0 Å². The molecule has 140 valence electrons. The first-order valence-electron chi connectivity index (χ1n) is 8.18. The van der Waals surface area contributed by atoms with Gasteiger partial charge < -0.3 is 18.8 Å². The van der Waals surface area contributed by atoms with Crippen molar-refractivity contribution in [3.8, 4) is 5.75 Å². The maximum Gasteiger partial charge on any atom is 0.364 e. The van der Waals surface area contributed by atoms with Crippen LogP contribution in [0.5, 0.6) is 5.75 Å². The summed E-state index contributed by atoms with van der Waals surface area (Å²) in [4.78, 5) is 15.4. The molecule has 0 bridgehead atoms. The highest BCUT2D eigenvalue weighted by molar-refractivity contribution is 7.90. The molecule has 0 aliphatic carbocycles. The highest BCUT2D eigenvalue weighted by Gasteiger charge is 2.40. The summed E-state index contributed by atoms with van der Waals surface area (Å²) in [6.45, 7) is 2.30. The van der Waals surface area contributed by atoms with Crippen LogP contribution in [0.1, 0.15) is 31.7 Å². The molecule has 7 nitrogen and oxygen atoms in total. The molecule has 1 aliphatic heterocycles. The van der Waals surface area contributed by atoms with E-state index in [0.717, 1.165) is 38.0 Å². The first-order valence-corrected chi connectivity index (χ1v) is 8.84. The van der Waals surface area contributed by atoms with Gasteiger partial charge in [0.15, 0.2) is 0 Å². The number of aliphatic carboxylic acids is 1. The Balaban J connectivity index is 1.61. The number of ether oxygens (including phenoxy) is 2. The Morgan fingerprint density at radius 1 is 1.28 bits per heavy atom. The van der Waals surface area contributed by atoms with Crippen molar-refractivity contribution in [1.82, 2.24) is 0 Å². The Morgan fingerprint density at radius 2 is 1.96 bits per heavy atom. The number of hydrogen-bond donors (Lipinski definition) is 1. The lowest BCUT2D eigenvalue weighted by atomic mass is 10.00. The molecule has 0 radical (unpaired) electrons. The van der Waals surface area contributed by atoms with Crippen molar-refractivity contribution in [2.75, 3.05) is 20.3 Å². The molecule has 0 unspecified atom stereocenters. The van der Waals surface area contributed by atoms with Gasteiger partial charge >= 0.3 is 5.97 Å². The molecule has 8 heteroatoms. The molecule has 1 aromatic carbocycles. The quantitative estimate of drug-likeness (QED) is 0.290. The molecule has 1 aromatic rings. The van der Waals surface area contributed by atoms with Gasteiger partial charge in [0, 0.05) is 12.8 Å². The topological polar surface area (TPSA) is 83.5 Å². The molecule has 1 heterocycles. The third-order valence-corrected chi connectivity index (χ3v) is 4.51. The van der Waals surface area contributed by atoms with Crippen molar-refractivity contribution < 1.29 is 32.8 Å². The van der Waals surface area contributed by atoms with Crippen molar-refractivity contribution in [3.63, 3.8) is 0 Å². The molecule has 1 saturated heterocycles. The van der Waals surface area contributed by atoms with Gasteiger partial charge in [-0.3, -0.25) is 0 Å². The Labute approximate surface area is 151 Å². The van der Waals surface area contributed by atoms with Gasteiger partial charge in [-0.05, 0) is 37.0 Å². The van der Waals surface area contributed by atoms with E-state index in [9.17, 15) is 4.79 Å². The van der Waals surface area contributed by atoms with E-state index in [4.69, 9.17) is 18.8 Å². The largest absolute Gasteiger partial charge is 0.477 e. The van der Waals surface area contributed by atoms with Gasteiger partial charge in [0.05, 0.1) is 20.3 Å². The molecular formula is C17H24O7S. The fourth-order valence-corrected chi connectivity index (χ4v) is 2.76. The Morgan fingerprint density at radius 3 is 2.56 bits per heavy atom. The average molecular weight is 372 g/mol. The highest BCUT2D eigenvalue weighted by atomic mass is 32.2. The molecule has 0 amide bonds. The van der Waals surface area contributed by atoms with Crippen LogP contribution < -0.4 is 4.18 Å². The SMILES string of the molecule is COOSOc1ccc(CCCCC2COC(C)(C(=O)O)OC2)cc1. The number of carboxylic acid groups (broad SMARTS) is 1. The third kappa shape index (κ3) is 6.48. The summed E-state index contributed by atoms with van der Waals surface area (Å²) in [5.74, 6) is -1.62. The lowest BCUT2D eigenvalue weighted by molar-refractivity contribution is -0.271. The fraction of sp³-hybridized carbons (Fsp3) is 0.588. The van der Waals surface area contributed by atoms with E-state index in [1.54, 1.807) is 0 Å². The molecule has 2 rings (SSSR count). The summed E-state index contributed by atoms with van der Waals surface area (Å²) in [5, 5.41) is 9.03. The standard InChI is InChI=1S/C17H24O7S/c1-17(16(18)19)21-11-14(12-22-17)6-4-3-5-13-7-9-15(10-8-13)23-25-24-20-2/h7-10,14H,3-6,11-12H2,1-2H3,(H,18,19). The molecule has 0 aromatic heterocycles. The van der Waals surface area contributed by atoms with Crippen LogP contribution in [0.3, 0.4) is 0 Å². The van der Waals surface area contributed by atoms with E-state index >= 15 is 0 Å². The molecule has 0 atom stereocenters. The van der Waals surface area contributed by atoms with Crippen molar-refractivity contribution in [1.29, 1.82) is 0 Å². The minimum Gasteiger partial charge on any atom is -0.477 e. The number of carboxylic acids is 1. The van der Waals surface area contributed by atoms with Crippen LogP contribution in [0.15, 0.2) is 24.3 Å². The molecule has 25 heavy (non-hydrogen) atoms. The summed E-state index contributed by atoms with van der Waals surface area (Å²) in [6, 6.07) is 7.81. The zero-order valence-electron chi connectivity index (χ0n) is 14.4. The normalized spacial score (nSPS) is 23.4. The lowest BCUT2D eigenvalue weighted by Gasteiger charge is -2.34. The Bertz CT molecular complexity index is 526. The smallest absolute Gasteiger partial charge is 0.364 e. The van der Waals surface area contributed by atoms with E-state index in [1.807, 2.05) is 24.3 Å². The van der Waals surface area contributed by atoms with E-state index in [0.29, 0.717) is 19.0 Å². The monoisotopic (exact) mass is 372 g/mol. The van der Waals surface area contributed by atoms with Gasteiger partial charge in [0.2, 0.25) is 0 Å². The van der Waals surface area contributed by atoms with Crippen LogP contribution in [-0.4, -0.2) is 37.2 Å². The number of benzene rings is 1. The maximum absolute atomic E-state index is 11.0. The molecule has 0 spiro atoms. The summed E-state index contributed by atoms with van der Waals surface area (Å²) < 4.78 is 20.5. The van der Waals surface area contributed by atoms with Crippen molar-refractivity contribution in [2.24, 2.45) is 5.92 Å². The predicted molar refractivity (Wildman–Crippen MR) is 91.7 cm³/mol. The van der Waals surface area contributed by atoms with Crippen LogP contribution in [0.2, 0.25) is 0 Å². The van der Waals surface area contributed by atoms with Crippen LogP contribution in [0.4, 0.5) is 0 Å². The number of hydrogen-bond acceptors (Lipinski definition) is 7. The van der Waals surface area contributed by atoms with Gasteiger partial charge in [0.25, 0.3) is 18.1 Å². The zero-order valence-corrected chi connectivity index (χ0v) is 15.3. The first kappa shape index (κ1) is 20.0. The minimum atomic E-state index is -1.49. The Kier molecular flexibility index (Phi) is 7.98. The van der Waals surface area contributed by atoms with E-state index in [2.05, 4.69) is 9.22 Å². The molecular weight excluding hydrogens is 348 g/mol. The second-order valence-electron chi connectivity index (χ2n) is 6.01. The summed E-state index contributed by atoms with van der Waals surface area (Å²) >= 11 is 0.768. The summed E-state index contributed by atoms with van der Waals surface area (Å²) in [5.41, 5.74) is 1.24. The fourth-order valence-electron chi connectivity index (χ4n) is 2.49. The van der Waals surface area contributed by atoms with E-state index < -0.39 is 11.8 Å². The molecule has 1 aliphatic rings. The van der Waals surface area contributed by atoms with Gasteiger partial charge in [-0.1, -0.05) is 18.6 Å². The Hall–Kier alpha value is -1.32. The maximum atomic E-state index is 11.0. The number of unbranched alkanes of at least 4 members (excludes halogenated alkanes) is 1. The lowest BCUT2D eigenvalue weighted by Crippen LogP contribution is -2.47. The van der Waals surface area contributed by atoms with E-state index in [-0.39, 0.29) is 5.92 Å². The molecule has 0 saturated carbocycles. The van der Waals surface area contributed by atoms with Crippen molar-refractivity contribution in [3.05, 3.63) is 29.8 Å². The third-order valence-electron chi connectivity index (χ3n) is 4.05. The second-order valence-corrected chi connectivity index (χ2v) is 6.45. The van der Waals surface area contributed by atoms with E-state index in [1.165, 1.54) is 19.6 Å². The van der Waals surface area contributed by atoms with Crippen LogP contribution in [-0.2, 0) is 29.9 Å². The van der Waals surface area contributed by atoms with Crippen LogP contribution >= 0.6 is 12.3 Å². The van der Waals surface area contributed by atoms with Crippen LogP contribution in [0, 0.1) is 5.92 Å². The van der Waals surface area contributed by atoms with Crippen molar-refractivity contribution >= 4 is 18.3 Å². The number of carbonyl (C=O) groups is 1. The number of rotatable bonds is 10. The van der Waals surface area contributed by atoms with Crippen molar-refractivity contribution in [2.45, 2.75) is 38.4 Å².